The first kappa shape index (κ1) is 15.8. The highest BCUT2D eigenvalue weighted by Gasteiger charge is 2.16. The maximum atomic E-state index is 13.4. The summed E-state index contributed by atoms with van der Waals surface area (Å²) < 4.78 is 39.5. The van der Waals surface area contributed by atoms with E-state index in [1.807, 2.05) is 0 Å². The van der Waals surface area contributed by atoms with Crippen LogP contribution >= 0.6 is 12.2 Å². The predicted molar refractivity (Wildman–Crippen MR) is 79.6 cm³/mol. The van der Waals surface area contributed by atoms with Crippen molar-refractivity contribution in [2.24, 2.45) is 0 Å². The SMILES string of the molecule is O=C(NNC(=S)Nc1ccc(F)cc1)c1c(F)cccc1F. The molecule has 114 valence electrons. The minimum Gasteiger partial charge on any atom is -0.331 e. The molecule has 0 heterocycles. The van der Waals surface area contributed by atoms with Gasteiger partial charge in [-0.25, -0.2) is 13.2 Å². The molecule has 2 aromatic rings. The van der Waals surface area contributed by atoms with Crippen LogP contribution in [0.4, 0.5) is 18.9 Å². The van der Waals surface area contributed by atoms with Crippen LogP contribution in [0.3, 0.4) is 0 Å². The van der Waals surface area contributed by atoms with Crippen molar-refractivity contribution in [2.45, 2.75) is 0 Å². The van der Waals surface area contributed by atoms with Gasteiger partial charge in [-0.3, -0.25) is 15.6 Å². The number of hydrazine groups is 1. The number of benzene rings is 2. The third-order valence-corrected chi connectivity index (χ3v) is 2.79. The first-order chi connectivity index (χ1) is 10.5. The summed E-state index contributed by atoms with van der Waals surface area (Å²) >= 11 is 4.88. The van der Waals surface area contributed by atoms with E-state index < -0.39 is 28.9 Å². The monoisotopic (exact) mass is 325 g/mol. The Morgan fingerprint density at radius 2 is 1.50 bits per heavy atom. The first-order valence-electron chi connectivity index (χ1n) is 6.04. The Kier molecular flexibility index (Phi) is 4.95. The lowest BCUT2D eigenvalue weighted by atomic mass is 10.2. The Bertz CT molecular complexity index is 687. The standard InChI is InChI=1S/C14H10F3N3OS/c15-8-4-6-9(7-5-8)18-14(22)20-19-13(21)12-10(16)2-1-3-11(12)17/h1-7H,(H,19,21)(H2,18,20,22). The molecule has 0 fully saturated rings. The lowest BCUT2D eigenvalue weighted by molar-refractivity contribution is 0.0935. The van der Waals surface area contributed by atoms with Gasteiger partial charge in [-0.2, -0.15) is 0 Å². The zero-order chi connectivity index (χ0) is 16.1. The molecule has 2 rings (SSSR count). The van der Waals surface area contributed by atoms with Crippen molar-refractivity contribution >= 4 is 28.9 Å². The quantitative estimate of drug-likeness (QED) is 0.587. The normalized spacial score (nSPS) is 9.95. The molecule has 2 aromatic carbocycles. The van der Waals surface area contributed by atoms with Crippen LogP contribution in [0.2, 0.25) is 0 Å². The zero-order valence-corrected chi connectivity index (χ0v) is 11.8. The van der Waals surface area contributed by atoms with Crippen molar-refractivity contribution in [3.05, 3.63) is 65.5 Å². The molecule has 4 nitrogen and oxygen atoms in total. The summed E-state index contributed by atoms with van der Waals surface area (Å²) in [5.74, 6) is -3.40. The first-order valence-corrected chi connectivity index (χ1v) is 6.45. The lowest BCUT2D eigenvalue weighted by Gasteiger charge is -2.12. The molecule has 0 bridgehead atoms. The molecular formula is C14H10F3N3OS. The van der Waals surface area contributed by atoms with Gasteiger partial charge in [0.05, 0.1) is 0 Å². The van der Waals surface area contributed by atoms with Crippen LogP contribution in [0.1, 0.15) is 10.4 Å². The fraction of sp³-hybridized carbons (Fsp3) is 0. The maximum absolute atomic E-state index is 13.4. The van der Waals surface area contributed by atoms with Gasteiger partial charge >= 0.3 is 0 Å². The molecule has 0 saturated carbocycles. The molecule has 0 aromatic heterocycles. The highest BCUT2D eigenvalue weighted by molar-refractivity contribution is 7.80. The van der Waals surface area contributed by atoms with E-state index in [2.05, 4.69) is 16.2 Å². The lowest BCUT2D eigenvalue weighted by Crippen LogP contribution is -2.44. The number of thiocarbonyl (C=S) groups is 1. The van der Waals surface area contributed by atoms with E-state index >= 15 is 0 Å². The van der Waals surface area contributed by atoms with Gasteiger partial charge in [-0.05, 0) is 48.6 Å². The molecule has 0 unspecified atom stereocenters. The predicted octanol–water partition coefficient (Wildman–Crippen LogP) is 2.74. The largest absolute Gasteiger partial charge is 0.331 e. The van der Waals surface area contributed by atoms with Crippen molar-refractivity contribution in [3.63, 3.8) is 0 Å². The Balaban J connectivity index is 1.93. The number of rotatable bonds is 2. The molecule has 1 amide bonds. The summed E-state index contributed by atoms with van der Waals surface area (Å²) in [6.45, 7) is 0. The van der Waals surface area contributed by atoms with E-state index in [-0.39, 0.29) is 5.11 Å². The van der Waals surface area contributed by atoms with Gasteiger partial charge in [-0.1, -0.05) is 6.07 Å². The van der Waals surface area contributed by atoms with E-state index in [4.69, 9.17) is 12.2 Å². The summed E-state index contributed by atoms with van der Waals surface area (Å²) in [7, 11) is 0. The van der Waals surface area contributed by atoms with E-state index in [1.165, 1.54) is 24.3 Å². The average Bonchev–Trinajstić information content (AvgIpc) is 2.47. The highest BCUT2D eigenvalue weighted by atomic mass is 32.1. The second kappa shape index (κ2) is 6.90. The number of amides is 1. The second-order valence-electron chi connectivity index (χ2n) is 4.14. The zero-order valence-electron chi connectivity index (χ0n) is 11.0. The minimum absolute atomic E-state index is 0.0308. The van der Waals surface area contributed by atoms with Gasteiger partial charge in [-0.15, -0.1) is 0 Å². The van der Waals surface area contributed by atoms with Crippen LogP contribution in [-0.2, 0) is 0 Å². The molecular weight excluding hydrogens is 315 g/mol. The van der Waals surface area contributed by atoms with Crippen LogP contribution in [0.15, 0.2) is 42.5 Å². The smallest absolute Gasteiger partial charge is 0.275 e. The molecule has 22 heavy (non-hydrogen) atoms. The Morgan fingerprint density at radius 3 is 2.09 bits per heavy atom. The maximum Gasteiger partial charge on any atom is 0.275 e. The number of anilines is 1. The molecule has 0 radical (unpaired) electrons. The van der Waals surface area contributed by atoms with Crippen molar-refractivity contribution in [1.29, 1.82) is 0 Å². The number of carbonyl (C=O) groups is 1. The van der Waals surface area contributed by atoms with Gasteiger partial charge in [0.15, 0.2) is 5.11 Å². The van der Waals surface area contributed by atoms with Gasteiger partial charge in [0.25, 0.3) is 5.91 Å². The fourth-order valence-corrected chi connectivity index (χ4v) is 1.76. The van der Waals surface area contributed by atoms with Crippen molar-refractivity contribution in [1.82, 2.24) is 10.9 Å². The van der Waals surface area contributed by atoms with E-state index in [9.17, 15) is 18.0 Å². The molecule has 0 aliphatic carbocycles. The number of hydrogen-bond donors (Lipinski definition) is 3. The van der Waals surface area contributed by atoms with Gasteiger partial charge in [0.2, 0.25) is 0 Å². The summed E-state index contributed by atoms with van der Waals surface area (Å²) in [5, 5.41) is 2.63. The van der Waals surface area contributed by atoms with Crippen LogP contribution in [0.5, 0.6) is 0 Å². The van der Waals surface area contributed by atoms with Crippen LogP contribution in [-0.4, -0.2) is 11.0 Å². The third kappa shape index (κ3) is 3.95. The third-order valence-electron chi connectivity index (χ3n) is 2.58. The summed E-state index contributed by atoms with van der Waals surface area (Å²) in [4.78, 5) is 11.7. The Hall–Kier alpha value is -2.61. The molecule has 0 atom stereocenters. The topological polar surface area (TPSA) is 53.2 Å². The number of halogens is 3. The van der Waals surface area contributed by atoms with Crippen LogP contribution < -0.4 is 16.2 Å². The van der Waals surface area contributed by atoms with E-state index in [0.29, 0.717) is 5.69 Å². The summed E-state index contributed by atoms with van der Waals surface area (Å²) in [6, 6.07) is 8.38. The highest BCUT2D eigenvalue weighted by Crippen LogP contribution is 2.11. The number of hydrogen-bond acceptors (Lipinski definition) is 2. The van der Waals surface area contributed by atoms with Crippen molar-refractivity contribution < 1.29 is 18.0 Å². The Morgan fingerprint density at radius 1 is 0.909 bits per heavy atom. The molecule has 0 saturated heterocycles. The van der Waals surface area contributed by atoms with E-state index in [1.54, 1.807) is 0 Å². The molecule has 0 spiro atoms. The molecule has 0 aliphatic heterocycles. The molecule has 8 heteroatoms. The molecule has 3 N–H and O–H groups in total. The van der Waals surface area contributed by atoms with Gasteiger partial charge < -0.3 is 5.32 Å². The van der Waals surface area contributed by atoms with Crippen LogP contribution in [0, 0.1) is 17.5 Å². The number of nitrogens with one attached hydrogen (secondary N) is 3. The summed E-state index contributed by atoms with van der Waals surface area (Å²) in [6.07, 6.45) is 0. The fourth-order valence-electron chi connectivity index (χ4n) is 1.59. The second-order valence-corrected chi connectivity index (χ2v) is 4.55. The number of carbonyl (C=O) groups excluding carboxylic acids is 1. The van der Waals surface area contributed by atoms with Gasteiger partial charge in [0, 0.05) is 5.69 Å². The molecule has 0 aliphatic rings. The van der Waals surface area contributed by atoms with Crippen molar-refractivity contribution in [3.8, 4) is 0 Å². The average molecular weight is 325 g/mol. The van der Waals surface area contributed by atoms with Gasteiger partial charge in [0.1, 0.15) is 23.0 Å². The van der Waals surface area contributed by atoms with Crippen LogP contribution in [0.25, 0.3) is 0 Å². The van der Waals surface area contributed by atoms with Crippen molar-refractivity contribution in [2.75, 3.05) is 5.32 Å². The Labute approximate surface area is 129 Å². The minimum atomic E-state index is -1.01. The van der Waals surface area contributed by atoms with E-state index in [0.717, 1.165) is 18.2 Å². The summed E-state index contributed by atoms with van der Waals surface area (Å²) in [5.41, 5.74) is 4.11.